The van der Waals surface area contributed by atoms with Gasteiger partial charge in [0.1, 0.15) is 12.1 Å². The predicted octanol–water partition coefficient (Wildman–Crippen LogP) is 5.75. The van der Waals surface area contributed by atoms with Crippen molar-refractivity contribution in [3.63, 3.8) is 0 Å². The van der Waals surface area contributed by atoms with Gasteiger partial charge in [-0.15, -0.1) is 0 Å². The minimum absolute atomic E-state index is 0.0673. The number of hydrogen-bond acceptors (Lipinski definition) is 5. The van der Waals surface area contributed by atoms with Crippen LogP contribution in [0.15, 0.2) is 73.1 Å². The Morgan fingerprint density at radius 1 is 0.971 bits per heavy atom. The van der Waals surface area contributed by atoms with Crippen LogP contribution < -0.4 is 5.32 Å². The highest BCUT2D eigenvalue weighted by Gasteiger charge is 2.18. The number of carbonyl (C=O) groups is 1. The third kappa shape index (κ3) is 5.60. The summed E-state index contributed by atoms with van der Waals surface area (Å²) in [5.74, 6) is 1.43. The fourth-order valence-corrected chi connectivity index (χ4v) is 4.95. The topological polar surface area (TPSA) is 58.1 Å². The first-order valence-electron chi connectivity index (χ1n) is 12.4. The third-order valence-electron chi connectivity index (χ3n) is 6.96. The SMILES string of the molecule is O=C(C=CC1CCN(Cc2ccccc2)CC1)c1ccc(Nc2ncnc3c2CCCC3)cc1. The van der Waals surface area contributed by atoms with E-state index in [1.54, 1.807) is 12.4 Å². The first-order chi connectivity index (χ1) is 16.7. The van der Waals surface area contributed by atoms with Crippen LogP contribution in [0.25, 0.3) is 0 Å². The molecule has 5 rings (SSSR count). The van der Waals surface area contributed by atoms with Gasteiger partial charge in [-0.1, -0.05) is 36.4 Å². The Morgan fingerprint density at radius 2 is 1.74 bits per heavy atom. The monoisotopic (exact) mass is 452 g/mol. The normalized spacial score (nSPS) is 16.9. The Labute approximate surface area is 201 Å². The third-order valence-corrected chi connectivity index (χ3v) is 6.96. The summed E-state index contributed by atoms with van der Waals surface area (Å²) in [7, 11) is 0. The van der Waals surface area contributed by atoms with Gasteiger partial charge in [0.05, 0.1) is 0 Å². The molecule has 0 saturated carbocycles. The predicted molar refractivity (Wildman–Crippen MR) is 136 cm³/mol. The van der Waals surface area contributed by atoms with Crippen molar-refractivity contribution in [2.45, 2.75) is 45.1 Å². The van der Waals surface area contributed by atoms with Gasteiger partial charge in [0.2, 0.25) is 0 Å². The maximum absolute atomic E-state index is 12.7. The van der Waals surface area contributed by atoms with E-state index < -0.39 is 0 Å². The highest BCUT2D eigenvalue weighted by atomic mass is 16.1. The number of benzene rings is 2. The molecule has 2 heterocycles. The summed E-state index contributed by atoms with van der Waals surface area (Å²) in [5.41, 5.74) is 5.41. The van der Waals surface area contributed by atoms with Gasteiger partial charge in [0, 0.05) is 29.1 Å². The Bertz CT molecular complexity index is 1130. The molecule has 0 spiro atoms. The minimum atomic E-state index is 0.0673. The maximum Gasteiger partial charge on any atom is 0.185 e. The molecule has 34 heavy (non-hydrogen) atoms. The molecule has 0 bridgehead atoms. The smallest absolute Gasteiger partial charge is 0.185 e. The van der Waals surface area contributed by atoms with Gasteiger partial charge in [-0.05, 0) is 93.4 Å². The second kappa shape index (κ2) is 10.7. The first kappa shape index (κ1) is 22.5. The maximum atomic E-state index is 12.7. The zero-order valence-electron chi connectivity index (χ0n) is 19.6. The molecule has 174 valence electrons. The molecule has 0 radical (unpaired) electrons. The Hall–Kier alpha value is -3.31. The number of likely N-dealkylation sites (tertiary alicyclic amines) is 1. The van der Waals surface area contributed by atoms with Crippen LogP contribution >= 0.6 is 0 Å². The lowest BCUT2D eigenvalue weighted by Crippen LogP contribution is -2.32. The number of piperidine rings is 1. The van der Waals surface area contributed by atoms with Crippen LogP contribution in [0.4, 0.5) is 11.5 Å². The van der Waals surface area contributed by atoms with E-state index in [-0.39, 0.29) is 5.78 Å². The van der Waals surface area contributed by atoms with E-state index >= 15 is 0 Å². The van der Waals surface area contributed by atoms with Gasteiger partial charge >= 0.3 is 0 Å². The summed E-state index contributed by atoms with van der Waals surface area (Å²) in [5, 5.41) is 3.42. The summed E-state index contributed by atoms with van der Waals surface area (Å²) in [6.45, 7) is 3.16. The number of aromatic nitrogens is 2. The zero-order valence-corrected chi connectivity index (χ0v) is 19.6. The van der Waals surface area contributed by atoms with E-state index in [4.69, 9.17) is 0 Å². The molecule has 0 unspecified atom stereocenters. The van der Waals surface area contributed by atoms with E-state index in [0.29, 0.717) is 11.5 Å². The van der Waals surface area contributed by atoms with Crippen molar-refractivity contribution in [1.82, 2.24) is 14.9 Å². The van der Waals surface area contributed by atoms with Crippen molar-refractivity contribution in [2.24, 2.45) is 5.92 Å². The van der Waals surface area contributed by atoms with Gasteiger partial charge in [-0.25, -0.2) is 9.97 Å². The molecule has 5 nitrogen and oxygen atoms in total. The number of rotatable bonds is 7. The number of allylic oxidation sites excluding steroid dienone is 2. The van der Waals surface area contributed by atoms with Crippen LogP contribution in [-0.4, -0.2) is 33.7 Å². The number of fused-ring (bicyclic) bond motifs is 1. The number of carbonyl (C=O) groups excluding carboxylic acids is 1. The van der Waals surface area contributed by atoms with E-state index in [1.807, 2.05) is 24.3 Å². The van der Waals surface area contributed by atoms with E-state index in [2.05, 4.69) is 56.6 Å². The van der Waals surface area contributed by atoms with Crippen molar-refractivity contribution in [1.29, 1.82) is 0 Å². The highest BCUT2D eigenvalue weighted by molar-refractivity contribution is 6.04. The summed E-state index contributed by atoms with van der Waals surface area (Å²) in [6.07, 6.45) is 12.1. The number of nitrogens with zero attached hydrogens (tertiary/aromatic N) is 3. The standard InChI is InChI=1S/C29H32N4O/c34-28(15-10-22-16-18-33(19-17-22)20-23-6-2-1-3-7-23)24-11-13-25(14-12-24)32-29-26-8-4-5-9-27(26)30-21-31-29/h1-3,6-7,10-15,21-22H,4-5,8-9,16-20H2,(H,30,31,32). The molecule has 1 aliphatic carbocycles. The molecule has 0 amide bonds. The molecule has 1 N–H and O–H groups in total. The lowest BCUT2D eigenvalue weighted by Gasteiger charge is -2.30. The van der Waals surface area contributed by atoms with Crippen LogP contribution in [0.3, 0.4) is 0 Å². The van der Waals surface area contributed by atoms with Crippen molar-refractivity contribution < 1.29 is 4.79 Å². The molecular weight excluding hydrogens is 420 g/mol. The van der Waals surface area contributed by atoms with Crippen molar-refractivity contribution >= 4 is 17.3 Å². The number of anilines is 2. The van der Waals surface area contributed by atoms with Crippen LogP contribution in [0.1, 0.15) is 52.9 Å². The highest BCUT2D eigenvalue weighted by Crippen LogP contribution is 2.27. The number of hydrogen-bond donors (Lipinski definition) is 1. The van der Waals surface area contributed by atoms with Gasteiger partial charge in [-0.2, -0.15) is 0 Å². The van der Waals surface area contributed by atoms with Gasteiger partial charge in [0.15, 0.2) is 5.78 Å². The molecule has 1 saturated heterocycles. The molecule has 2 aromatic carbocycles. The fourth-order valence-electron chi connectivity index (χ4n) is 4.95. The largest absolute Gasteiger partial charge is 0.340 e. The molecule has 0 atom stereocenters. The fraction of sp³-hybridized carbons (Fsp3) is 0.345. The van der Waals surface area contributed by atoms with E-state index in [1.165, 1.54) is 24.0 Å². The zero-order chi connectivity index (χ0) is 23.2. The number of aryl methyl sites for hydroxylation is 1. The van der Waals surface area contributed by atoms with Gasteiger partial charge in [0.25, 0.3) is 0 Å². The van der Waals surface area contributed by atoms with Crippen molar-refractivity contribution in [2.75, 3.05) is 18.4 Å². The Balaban J connectivity index is 1.13. The van der Waals surface area contributed by atoms with Crippen molar-refractivity contribution in [3.8, 4) is 0 Å². The Kier molecular flexibility index (Phi) is 7.10. The van der Waals surface area contributed by atoms with Crippen LogP contribution in [0.5, 0.6) is 0 Å². The van der Waals surface area contributed by atoms with Crippen molar-refractivity contribution in [3.05, 3.63) is 95.5 Å². The van der Waals surface area contributed by atoms with Gasteiger partial charge < -0.3 is 5.32 Å². The average molecular weight is 453 g/mol. The molecule has 1 fully saturated rings. The summed E-state index contributed by atoms with van der Waals surface area (Å²) < 4.78 is 0. The van der Waals surface area contributed by atoms with E-state index in [9.17, 15) is 4.79 Å². The van der Waals surface area contributed by atoms with Gasteiger partial charge in [-0.3, -0.25) is 9.69 Å². The number of ketones is 1. The minimum Gasteiger partial charge on any atom is -0.340 e. The van der Waals surface area contributed by atoms with Crippen LogP contribution in [0.2, 0.25) is 0 Å². The molecule has 1 aliphatic heterocycles. The lowest BCUT2D eigenvalue weighted by molar-refractivity contribution is 0.104. The number of nitrogens with one attached hydrogen (secondary N) is 1. The van der Waals surface area contributed by atoms with E-state index in [0.717, 1.165) is 62.5 Å². The molecule has 2 aliphatic rings. The average Bonchev–Trinajstić information content (AvgIpc) is 2.89. The Morgan fingerprint density at radius 3 is 2.53 bits per heavy atom. The second-order valence-electron chi connectivity index (χ2n) is 9.38. The van der Waals surface area contributed by atoms with Crippen LogP contribution in [-0.2, 0) is 19.4 Å². The summed E-state index contributed by atoms with van der Waals surface area (Å²) in [4.78, 5) is 24.1. The van der Waals surface area contributed by atoms with Crippen LogP contribution in [0, 0.1) is 5.92 Å². The second-order valence-corrected chi connectivity index (χ2v) is 9.38. The molecular formula is C29H32N4O. The summed E-state index contributed by atoms with van der Waals surface area (Å²) >= 11 is 0. The molecule has 3 aromatic rings. The molecule has 5 heteroatoms. The summed E-state index contributed by atoms with van der Waals surface area (Å²) in [6, 6.07) is 18.3. The molecule has 1 aromatic heterocycles. The lowest BCUT2D eigenvalue weighted by atomic mass is 9.95. The first-order valence-corrected chi connectivity index (χ1v) is 12.4. The quantitative estimate of drug-likeness (QED) is 0.365.